The van der Waals surface area contributed by atoms with Gasteiger partial charge < -0.3 is 10.2 Å². The molecule has 1 N–H and O–H groups in total. The highest BCUT2D eigenvalue weighted by Gasteiger charge is 2.50. The average molecular weight is 249 g/mol. The fourth-order valence-corrected chi connectivity index (χ4v) is 3.64. The Hall–Kier alpha value is -1.10. The van der Waals surface area contributed by atoms with Crippen LogP contribution in [0, 0.1) is 11.8 Å². The highest BCUT2D eigenvalue weighted by atomic mass is 15.5. The summed E-state index contributed by atoms with van der Waals surface area (Å²) in [6, 6.07) is 0. The number of hydrogen-bond donors (Lipinski definition) is 1. The van der Waals surface area contributed by atoms with Crippen molar-refractivity contribution < 1.29 is 0 Å². The third-order valence-corrected chi connectivity index (χ3v) is 4.67. The molecule has 2 unspecified atom stereocenters. The number of nitrogens with one attached hydrogen (secondary N) is 1. The maximum atomic E-state index is 4.22. The summed E-state index contributed by atoms with van der Waals surface area (Å²) in [5.74, 6) is 2.70. The molecule has 5 nitrogen and oxygen atoms in total. The van der Waals surface area contributed by atoms with Gasteiger partial charge in [0.25, 0.3) is 0 Å². The van der Waals surface area contributed by atoms with Gasteiger partial charge in [0.1, 0.15) is 5.82 Å². The zero-order valence-electron chi connectivity index (χ0n) is 11.6. The van der Waals surface area contributed by atoms with E-state index in [1.807, 2.05) is 6.20 Å². The van der Waals surface area contributed by atoms with Gasteiger partial charge in [-0.2, -0.15) is 0 Å². The number of anilines is 1. The Bertz CT molecular complexity index is 425. The summed E-state index contributed by atoms with van der Waals surface area (Å²) < 4.78 is 2.05. The minimum absolute atomic E-state index is 0.196. The first-order chi connectivity index (χ1) is 8.64. The molecule has 0 bridgehead atoms. The molecule has 2 fully saturated rings. The lowest BCUT2D eigenvalue weighted by molar-refractivity contribution is 0.353. The van der Waals surface area contributed by atoms with Gasteiger partial charge in [0.2, 0.25) is 0 Å². The molecule has 18 heavy (non-hydrogen) atoms. The minimum Gasteiger partial charge on any atom is -0.350 e. The maximum absolute atomic E-state index is 4.22. The third kappa shape index (κ3) is 1.64. The number of rotatable bonds is 3. The summed E-state index contributed by atoms with van der Waals surface area (Å²) >= 11 is 0. The van der Waals surface area contributed by atoms with Gasteiger partial charge in [-0.1, -0.05) is 12.1 Å². The predicted octanol–water partition coefficient (Wildman–Crippen LogP) is 1.12. The van der Waals surface area contributed by atoms with Crippen molar-refractivity contribution in [1.82, 2.24) is 20.3 Å². The first-order valence-electron chi connectivity index (χ1n) is 7.01. The monoisotopic (exact) mass is 249 g/mol. The van der Waals surface area contributed by atoms with Gasteiger partial charge >= 0.3 is 0 Å². The van der Waals surface area contributed by atoms with Crippen molar-refractivity contribution in [2.24, 2.45) is 11.8 Å². The Morgan fingerprint density at radius 1 is 1.44 bits per heavy atom. The summed E-state index contributed by atoms with van der Waals surface area (Å²) in [5, 5.41) is 11.8. The molecule has 3 heterocycles. The molecule has 2 aliphatic rings. The standard InChI is InChI=1S/C13H23N5/c1-4-5-18-12(8-15-16-18)17-9-10-6-14-7-11(10)13(17,2)3/h8,10-11,14H,4-7,9H2,1-3H3. The highest BCUT2D eigenvalue weighted by Crippen LogP contribution is 2.42. The van der Waals surface area contributed by atoms with E-state index in [9.17, 15) is 0 Å². The lowest BCUT2D eigenvalue weighted by Gasteiger charge is -2.36. The van der Waals surface area contributed by atoms with Gasteiger partial charge in [0.05, 0.1) is 6.20 Å². The molecule has 0 radical (unpaired) electrons. The molecule has 2 saturated heterocycles. The van der Waals surface area contributed by atoms with E-state index < -0.39 is 0 Å². The van der Waals surface area contributed by atoms with Crippen LogP contribution in [0.4, 0.5) is 5.82 Å². The number of aryl methyl sites for hydroxylation is 1. The Morgan fingerprint density at radius 3 is 3.00 bits per heavy atom. The largest absolute Gasteiger partial charge is 0.350 e. The SMILES string of the molecule is CCCn1nncc1N1CC2CNCC2C1(C)C. The summed E-state index contributed by atoms with van der Waals surface area (Å²) in [7, 11) is 0. The summed E-state index contributed by atoms with van der Waals surface area (Å²) in [6.07, 6.45) is 3.02. The van der Waals surface area contributed by atoms with E-state index in [4.69, 9.17) is 0 Å². The number of aromatic nitrogens is 3. The van der Waals surface area contributed by atoms with E-state index in [0.717, 1.165) is 44.4 Å². The summed E-state index contributed by atoms with van der Waals surface area (Å²) in [5.41, 5.74) is 0.196. The second-order valence-corrected chi connectivity index (χ2v) is 6.10. The molecule has 0 amide bonds. The molecule has 2 aliphatic heterocycles. The van der Waals surface area contributed by atoms with Crippen LogP contribution in [0.15, 0.2) is 6.20 Å². The Kier molecular flexibility index (Phi) is 2.81. The molecule has 0 saturated carbocycles. The van der Waals surface area contributed by atoms with Crippen LogP contribution in [0.2, 0.25) is 0 Å². The Morgan fingerprint density at radius 2 is 2.28 bits per heavy atom. The zero-order chi connectivity index (χ0) is 12.8. The number of nitrogens with zero attached hydrogens (tertiary/aromatic N) is 4. The van der Waals surface area contributed by atoms with Crippen molar-refractivity contribution in [3.63, 3.8) is 0 Å². The first kappa shape index (κ1) is 12.0. The van der Waals surface area contributed by atoms with Crippen molar-refractivity contribution in [3.05, 3.63) is 6.20 Å². The molecule has 1 aromatic heterocycles. The van der Waals surface area contributed by atoms with Gasteiger partial charge in [0, 0.05) is 31.7 Å². The van der Waals surface area contributed by atoms with Crippen molar-refractivity contribution in [3.8, 4) is 0 Å². The first-order valence-corrected chi connectivity index (χ1v) is 7.01. The molecular formula is C13H23N5. The summed E-state index contributed by atoms with van der Waals surface area (Å²) in [4.78, 5) is 2.51. The van der Waals surface area contributed by atoms with Crippen molar-refractivity contribution in [2.75, 3.05) is 24.5 Å². The van der Waals surface area contributed by atoms with Crippen molar-refractivity contribution in [2.45, 2.75) is 39.3 Å². The molecule has 5 heteroatoms. The predicted molar refractivity (Wildman–Crippen MR) is 71.6 cm³/mol. The molecule has 0 spiro atoms. The summed E-state index contributed by atoms with van der Waals surface area (Å²) in [6.45, 7) is 11.3. The third-order valence-electron chi connectivity index (χ3n) is 4.67. The van der Waals surface area contributed by atoms with Crippen LogP contribution in [0.25, 0.3) is 0 Å². The van der Waals surface area contributed by atoms with Crippen LogP contribution in [-0.2, 0) is 6.54 Å². The van der Waals surface area contributed by atoms with Crippen LogP contribution < -0.4 is 10.2 Å². The van der Waals surface area contributed by atoms with E-state index in [2.05, 4.69) is 46.0 Å². The van der Waals surface area contributed by atoms with Crippen LogP contribution in [0.1, 0.15) is 27.2 Å². The van der Waals surface area contributed by atoms with E-state index in [1.54, 1.807) is 0 Å². The average Bonchev–Trinajstić information content (AvgIpc) is 2.97. The molecule has 3 rings (SSSR count). The molecule has 2 atom stereocenters. The minimum atomic E-state index is 0.196. The van der Waals surface area contributed by atoms with E-state index in [1.165, 1.54) is 5.82 Å². The van der Waals surface area contributed by atoms with Crippen LogP contribution in [-0.4, -0.2) is 40.2 Å². The topological polar surface area (TPSA) is 46.0 Å². The fraction of sp³-hybridized carbons (Fsp3) is 0.846. The normalized spacial score (nSPS) is 29.8. The van der Waals surface area contributed by atoms with E-state index in [0.29, 0.717) is 0 Å². The van der Waals surface area contributed by atoms with Crippen molar-refractivity contribution in [1.29, 1.82) is 0 Å². The second kappa shape index (κ2) is 4.23. The Labute approximate surface area is 109 Å². The van der Waals surface area contributed by atoms with Crippen LogP contribution in [0.3, 0.4) is 0 Å². The molecule has 100 valence electrons. The second-order valence-electron chi connectivity index (χ2n) is 6.10. The molecule has 0 aliphatic carbocycles. The van der Waals surface area contributed by atoms with E-state index in [-0.39, 0.29) is 5.54 Å². The smallest absolute Gasteiger partial charge is 0.147 e. The van der Waals surface area contributed by atoms with Gasteiger partial charge in [0.15, 0.2) is 0 Å². The van der Waals surface area contributed by atoms with E-state index >= 15 is 0 Å². The number of hydrogen-bond acceptors (Lipinski definition) is 4. The maximum Gasteiger partial charge on any atom is 0.147 e. The molecule has 0 aromatic carbocycles. The molecular weight excluding hydrogens is 226 g/mol. The lowest BCUT2D eigenvalue weighted by atomic mass is 9.85. The van der Waals surface area contributed by atoms with Crippen molar-refractivity contribution >= 4 is 5.82 Å². The zero-order valence-corrected chi connectivity index (χ0v) is 11.6. The number of fused-ring (bicyclic) bond motifs is 1. The quantitative estimate of drug-likeness (QED) is 0.872. The lowest BCUT2D eigenvalue weighted by Crippen LogP contribution is -2.45. The van der Waals surface area contributed by atoms with Crippen LogP contribution in [0.5, 0.6) is 0 Å². The van der Waals surface area contributed by atoms with Gasteiger partial charge in [-0.05, 0) is 32.1 Å². The van der Waals surface area contributed by atoms with Gasteiger partial charge in [-0.15, -0.1) is 5.10 Å². The molecule has 1 aromatic rings. The van der Waals surface area contributed by atoms with Gasteiger partial charge in [-0.25, -0.2) is 4.68 Å². The Balaban J connectivity index is 1.90. The van der Waals surface area contributed by atoms with Crippen LogP contribution >= 0.6 is 0 Å². The van der Waals surface area contributed by atoms with Gasteiger partial charge in [-0.3, -0.25) is 0 Å². The highest BCUT2D eigenvalue weighted by molar-refractivity contribution is 5.43. The fourth-order valence-electron chi connectivity index (χ4n) is 3.64.